The fourth-order valence-corrected chi connectivity index (χ4v) is 3.54. The Morgan fingerprint density at radius 1 is 1.42 bits per heavy atom. The summed E-state index contributed by atoms with van der Waals surface area (Å²) in [6, 6.07) is 1.41. The van der Waals surface area contributed by atoms with Gasteiger partial charge in [0.15, 0.2) is 0 Å². The molecule has 0 aromatic carbocycles. The zero-order chi connectivity index (χ0) is 16.8. The predicted molar refractivity (Wildman–Crippen MR) is 81.6 cm³/mol. The molecule has 0 unspecified atom stereocenters. The Labute approximate surface area is 137 Å². The van der Waals surface area contributed by atoms with E-state index < -0.39 is 6.43 Å². The zero-order valence-electron chi connectivity index (χ0n) is 13.4. The van der Waals surface area contributed by atoms with Crippen molar-refractivity contribution in [2.75, 3.05) is 13.1 Å². The summed E-state index contributed by atoms with van der Waals surface area (Å²) in [5.41, 5.74) is 0.374. The lowest BCUT2D eigenvalue weighted by Crippen LogP contribution is -2.40. The molecule has 3 atom stereocenters. The number of carbonyl (C=O) groups is 1. The molecule has 0 spiro atoms. The Morgan fingerprint density at radius 2 is 2.21 bits per heavy atom. The van der Waals surface area contributed by atoms with E-state index in [0.29, 0.717) is 18.2 Å². The summed E-state index contributed by atoms with van der Waals surface area (Å²) in [6.45, 7) is 3.37. The molecular weight excluding hydrogens is 316 g/mol. The van der Waals surface area contributed by atoms with E-state index in [-0.39, 0.29) is 29.2 Å². The van der Waals surface area contributed by atoms with Crippen LogP contribution in [-0.2, 0) is 4.79 Å². The quantitative estimate of drug-likeness (QED) is 0.864. The summed E-state index contributed by atoms with van der Waals surface area (Å²) in [6.07, 6.45) is 1.23. The molecule has 2 aromatic heterocycles. The van der Waals surface area contributed by atoms with E-state index in [0.717, 1.165) is 30.3 Å². The van der Waals surface area contributed by atoms with E-state index in [2.05, 4.69) is 22.0 Å². The maximum absolute atomic E-state index is 13.3. The number of nitrogens with zero attached hydrogens (tertiary/aromatic N) is 5. The molecule has 1 aliphatic carbocycles. The van der Waals surface area contributed by atoms with Gasteiger partial charge >= 0.3 is 0 Å². The van der Waals surface area contributed by atoms with Gasteiger partial charge in [-0.25, -0.2) is 13.8 Å². The molecule has 1 aliphatic heterocycles. The second-order valence-electron chi connectivity index (χ2n) is 6.82. The van der Waals surface area contributed by atoms with E-state index in [1.165, 1.54) is 12.4 Å². The molecule has 8 heteroatoms. The lowest BCUT2D eigenvalue weighted by atomic mass is 9.93. The van der Waals surface area contributed by atoms with Crippen LogP contribution in [0, 0.1) is 11.8 Å². The molecule has 1 saturated carbocycles. The molecule has 2 aliphatic rings. The summed E-state index contributed by atoms with van der Waals surface area (Å²) >= 11 is 0. The highest BCUT2D eigenvalue weighted by atomic mass is 19.3. The highest BCUT2D eigenvalue weighted by molar-refractivity contribution is 5.81. The lowest BCUT2D eigenvalue weighted by Gasteiger charge is -2.33. The number of rotatable bonds is 3. The molecule has 0 radical (unpaired) electrons. The van der Waals surface area contributed by atoms with Crippen LogP contribution in [0.4, 0.5) is 8.78 Å². The second kappa shape index (κ2) is 5.75. The molecule has 4 rings (SSSR count). The standard InChI is InChI=1S/C16H19F2N5O/c1-9-5-11(9)15(24)22-4-2-3-10(7-22)12-6-13(14(17)18)23-16(21-12)19-8-20-23/h6,8-11,14H,2-5,7H2,1H3/t9-,10+,11-/m1/s1. The van der Waals surface area contributed by atoms with Gasteiger partial charge in [-0.05, 0) is 31.2 Å². The van der Waals surface area contributed by atoms with E-state index in [4.69, 9.17) is 0 Å². The fourth-order valence-electron chi connectivity index (χ4n) is 3.54. The number of hydrogen-bond acceptors (Lipinski definition) is 4. The number of aromatic nitrogens is 4. The Kier molecular flexibility index (Phi) is 3.69. The van der Waals surface area contributed by atoms with Gasteiger partial charge in [-0.1, -0.05) is 6.92 Å². The molecule has 128 valence electrons. The molecule has 3 heterocycles. The third kappa shape index (κ3) is 2.63. The van der Waals surface area contributed by atoms with Gasteiger partial charge in [0, 0.05) is 24.9 Å². The van der Waals surface area contributed by atoms with Crippen molar-refractivity contribution >= 4 is 11.7 Å². The average Bonchev–Trinajstić information content (AvgIpc) is 3.12. The third-order valence-corrected chi connectivity index (χ3v) is 5.10. The summed E-state index contributed by atoms with van der Waals surface area (Å²) in [5.74, 6) is 0.962. The third-order valence-electron chi connectivity index (χ3n) is 5.10. The van der Waals surface area contributed by atoms with Crippen molar-refractivity contribution in [3.8, 4) is 0 Å². The summed E-state index contributed by atoms with van der Waals surface area (Å²) in [7, 11) is 0. The first kappa shape index (κ1) is 15.4. The van der Waals surface area contributed by atoms with Crippen molar-refractivity contribution < 1.29 is 13.6 Å². The summed E-state index contributed by atoms with van der Waals surface area (Å²) < 4.78 is 27.7. The predicted octanol–water partition coefficient (Wildman–Crippen LogP) is 2.42. The SMILES string of the molecule is C[C@@H]1C[C@H]1C(=O)N1CCC[C@H](c2cc(C(F)F)n3ncnc3n2)C1. The van der Waals surface area contributed by atoms with E-state index in [9.17, 15) is 13.6 Å². The fraction of sp³-hybridized carbons (Fsp3) is 0.625. The molecular formula is C16H19F2N5O. The van der Waals surface area contributed by atoms with Crippen LogP contribution in [0.5, 0.6) is 0 Å². The first-order valence-electron chi connectivity index (χ1n) is 8.32. The zero-order valence-corrected chi connectivity index (χ0v) is 13.4. The topological polar surface area (TPSA) is 63.4 Å². The Balaban J connectivity index is 1.60. The van der Waals surface area contributed by atoms with Crippen molar-refractivity contribution in [2.24, 2.45) is 11.8 Å². The molecule has 1 amide bonds. The van der Waals surface area contributed by atoms with Gasteiger partial charge in [0.25, 0.3) is 12.2 Å². The Hall–Kier alpha value is -2.12. The van der Waals surface area contributed by atoms with E-state index in [1.54, 1.807) is 0 Å². The maximum Gasteiger partial charge on any atom is 0.280 e. The molecule has 2 aromatic rings. The van der Waals surface area contributed by atoms with Crippen molar-refractivity contribution in [3.63, 3.8) is 0 Å². The van der Waals surface area contributed by atoms with E-state index >= 15 is 0 Å². The van der Waals surface area contributed by atoms with Gasteiger partial charge < -0.3 is 4.90 Å². The van der Waals surface area contributed by atoms with Crippen LogP contribution in [0.25, 0.3) is 5.78 Å². The molecule has 0 bridgehead atoms. The number of carbonyl (C=O) groups excluding carboxylic acids is 1. The van der Waals surface area contributed by atoms with Crippen molar-refractivity contribution in [2.45, 2.75) is 38.5 Å². The highest BCUT2D eigenvalue weighted by Crippen LogP contribution is 2.40. The van der Waals surface area contributed by atoms with Gasteiger partial charge in [-0.15, -0.1) is 0 Å². The monoisotopic (exact) mass is 335 g/mol. The first-order valence-corrected chi connectivity index (χ1v) is 8.32. The number of halogens is 2. The Morgan fingerprint density at radius 3 is 2.92 bits per heavy atom. The second-order valence-corrected chi connectivity index (χ2v) is 6.82. The van der Waals surface area contributed by atoms with Crippen molar-refractivity contribution in [3.05, 3.63) is 23.8 Å². The van der Waals surface area contributed by atoms with Crippen LogP contribution >= 0.6 is 0 Å². The maximum atomic E-state index is 13.3. The van der Waals surface area contributed by atoms with Crippen LogP contribution in [0.1, 0.15) is 49.9 Å². The summed E-state index contributed by atoms with van der Waals surface area (Å²) in [5, 5.41) is 3.81. The first-order chi connectivity index (χ1) is 11.5. The van der Waals surface area contributed by atoms with Gasteiger partial charge in [0.2, 0.25) is 5.91 Å². The number of amides is 1. The smallest absolute Gasteiger partial charge is 0.280 e. The minimum Gasteiger partial charge on any atom is -0.342 e. The van der Waals surface area contributed by atoms with Crippen molar-refractivity contribution in [1.29, 1.82) is 0 Å². The molecule has 6 nitrogen and oxygen atoms in total. The number of hydrogen-bond donors (Lipinski definition) is 0. The molecule has 24 heavy (non-hydrogen) atoms. The average molecular weight is 335 g/mol. The molecule has 2 fully saturated rings. The van der Waals surface area contributed by atoms with Gasteiger partial charge in [-0.3, -0.25) is 4.79 Å². The van der Waals surface area contributed by atoms with Crippen LogP contribution in [-0.4, -0.2) is 43.5 Å². The van der Waals surface area contributed by atoms with Gasteiger partial charge in [0.1, 0.15) is 12.0 Å². The number of alkyl halides is 2. The van der Waals surface area contributed by atoms with E-state index in [1.807, 2.05) is 4.90 Å². The largest absolute Gasteiger partial charge is 0.342 e. The molecule has 0 N–H and O–H groups in total. The Bertz CT molecular complexity index is 777. The van der Waals surface area contributed by atoms with Crippen LogP contribution in [0.15, 0.2) is 12.4 Å². The van der Waals surface area contributed by atoms with Crippen LogP contribution in [0.2, 0.25) is 0 Å². The normalized spacial score (nSPS) is 27.0. The van der Waals surface area contributed by atoms with Crippen LogP contribution in [0.3, 0.4) is 0 Å². The van der Waals surface area contributed by atoms with Crippen LogP contribution < -0.4 is 0 Å². The van der Waals surface area contributed by atoms with Crippen molar-refractivity contribution in [1.82, 2.24) is 24.5 Å². The lowest BCUT2D eigenvalue weighted by molar-refractivity contribution is -0.134. The minimum atomic E-state index is -2.65. The number of fused-ring (bicyclic) bond motifs is 1. The molecule has 1 saturated heterocycles. The van der Waals surface area contributed by atoms with Gasteiger partial charge in [-0.2, -0.15) is 14.6 Å². The number of piperidine rings is 1. The number of likely N-dealkylation sites (tertiary alicyclic amines) is 1. The summed E-state index contributed by atoms with van der Waals surface area (Å²) in [4.78, 5) is 22.7. The van der Waals surface area contributed by atoms with Gasteiger partial charge in [0.05, 0.1) is 5.69 Å². The minimum absolute atomic E-state index is 0.0315. The highest BCUT2D eigenvalue weighted by Gasteiger charge is 2.42.